The maximum absolute atomic E-state index is 10.0. The van der Waals surface area contributed by atoms with Crippen LogP contribution >= 0.6 is 0 Å². The lowest BCUT2D eigenvalue weighted by molar-refractivity contribution is 0.321. The molecule has 0 bridgehead atoms. The van der Waals surface area contributed by atoms with Gasteiger partial charge in [-0.05, 0) is 24.3 Å². The highest BCUT2D eigenvalue weighted by Gasteiger charge is 2.38. The summed E-state index contributed by atoms with van der Waals surface area (Å²) in [5, 5.41) is 17.4. The molecular weight excluding hydrogens is 440 g/mol. The molecule has 1 aromatic heterocycles. The van der Waals surface area contributed by atoms with Crippen molar-refractivity contribution in [2.75, 3.05) is 35.5 Å². The molecule has 0 radical (unpaired) electrons. The largest absolute Gasteiger partial charge is 0.493 e. The van der Waals surface area contributed by atoms with E-state index < -0.39 is 5.92 Å². The van der Waals surface area contributed by atoms with Crippen molar-refractivity contribution >= 4 is 0 Å². The molecule has 4 rings (SSSR count). The number of H-pyrrole nitrogens is 1. The molecule has 2 aromatic carbocycles. The van der Waals surface area contributed by atoms with E-state index in [9.17, 15) is 5.26 Å². The minimum atomic E-state index is -0.662. The van der Waals surface area contributed by atoms with E-state index >= 15 is 0 Å². The van der Waals surface area contributed by atoms with E-state index in [1.807, 2.05) is 12.1 Å². The number of nitriles is 1. The molecule has 3 N–H and O–H groups in total. The Hall–Kier alpha value is -4.52. The van der Waals surface area contributed by atoms with Gasteiger partial charge in [-0.25, -0.2) is 0 Å². The van der Waals surface area contributed by atoms with Crippen LogP contribution in [0.5, 0.6) is 34.6 Å². The smallest absolute Gasteiger partial charge is 0.244 e. The van der Waals surface area contributed by atoms with Gasteiger partial charge < -0.3 is 34.2 Å². The average Bonchev–Trinajstić information content (AvgIpc) is 3.29. The second kappa shape index (κ2) is 9.15. The first kappa shape index (κ1) is 22.7. The van der Waals surface area contributed by atoms with Gasteiger partial charge in [0.25, 0.3) is 0 Å². The van der Waals surface area contributed by atoms with E-state index in [2.05, 4.69) is 16.3 Å². The van der Waals surface area contributed by atoms with Gasteiger partial charge in [0.1, 0.15) is 11.6 Å². The van der Waals surface area contributed by atoms with Gasteiger partial charge in [-0.15, -0.1) is 5.10 Å². The molecule has 0 fully saturated rings. The molecule has 0 amide bonds. The van der Waals surface area contributed by atoms with Gasteiger partial charge in [-0.1, -0.05) is 6.07 Å². The summed E-state index contributed by atoms with van der Waals surface area (Å²) in [5.74, 6) is 1.95. The van der Waals surface area contributed by atoms with Gasteiger partial charge >= 0.3 is 0 Å². The van der Waals surface area contributed by atoms with Crippen LogP contribution in [0.4, 0.5) is 0 Å². The Morgan fingerprint density at radius 2 is 1.59 bits per heavy atom. The summed E-state index contributed by atoms with van der Waals surface area (Å²) in [7, 11) is 7.69. The minimum Gasteiger partial charge on any atom is -0.493 e. The molecule has 176 valence electrons. The Labute approximate surface area is 196 Å². The van der Waals surface area contributed by atoms with Crippen molar-refractivity contribution in [2.45, 2.75) is 5.92 Å². The van der Waals surface area contributed by atoms with E-state index in [1.165, 1.54) is 21.3 Å². The Morgan fingerprint density at radius 1 is 0.912 bits per heavy atom. The van der Waals surface area contributed by atoms with Gasteiger partial charge in [0.2, 0.25) is 17.5 Å². The number of benzene rings is 2. The molecule has 1 unspecified atom stereocenters. The van der Waals surface area contributed by atoms with Crippen molar-refractivity contribution in [1.29, 1.82) is 5.26 Å². The minimum absolute atomic E-state index is 0.0396. The van der Waals surface area contributed by atoms with E-state index in [4.69, 9.17) is 34.2 Å². The molecule has 0 saturated heterocycles. The highest BCUT2D eigenvalue weighted by Crippen LogP contribution is 2.51. The van der Waals surface area contributed by atoms with Gasteiger partial charge in [-0.3, -0.25) is 5.10 Å². The van der Waals surface area contributed by atoms with Crippen molar-refractivity contribution in [3.8, 4) is 52.0 Å². The Balaban J connectivity index is 1.99. The molecule has 1 aliphatic heterocycles. The molecule has 0 saturated carbocycles. The quantitative estimate of drug-likeness (QED) is 0.540. The summed E-state index contributed by atoms with van der Waals surface area (Å²) < 4.78 is 33.2. The molecule has 2 heterocycles. The molecule has 0 aliphatic carbocycles. The van der Waals surface area contributed by atoms with Crippen LogP contribution in [0.2, 0.25) is 0 Å². The summed E-state index contributed by atoms with van der Waals surface area (Å²) >= 11 is 0. The average molecular weight is 464 g/mol. The SMILES string of the molecule is COc1ccc(-c2[nH]nc3c2C(c2ccc(OC)c(OC)c2OC)C(C#N)=C(N)O3)cc1OC. The molecule has 34 heavy (non-hydrogen) atoms. The van der Waals surface area contributed by atoms with Crippen LogP contribution in [0.15, 0.2) is 41.8 Å². The summed E-state index contributed by atoms with van der Waals surface area (Å²) in [5.41, 5.74) is 8.96. The highest BCUT2D eigenvalue weighted by molar-refractivity contribution is 5.74. The van der Waals surface area contributed by atoms with Gasteiger partial charge in [0.15, 0.2) is 23.0 Å². The third-order valence-electron chi connectivity index (χ3n) is 5.66. The van der Waals surface area contributed by atoms with Crippen LogP contribution in [-0.4, -0.2) is 45.7 Å². The summed E-state index contributed by atoms with van der Waals surface area (Å²) in [6.45, 7) is 0. The van der Waals surface area contributed by atoms with Crippen LogP contribution in [0.3, 0.4) is 0 Å². The third-order valence-corrected chi connectivity index (χ3v) is 5.66. The molecule has 1 atom stereocenters. The van der Waals surface area contributed by atoms with Crippen molar-refractivity contribution < 1.29 is 28.4 Å². The first-order chi connectivity index (χ1) is 16.5. The number of hydrogen-bond donors (Lipinski definition) is 2. The number of aromatic nitrogens is 2. The van der Waals surface area contributed by atoms with Crippen molar-refractivity contribution in [3.05, 3.63) is 52.9 Å². The zero-order chi connectivity index (χ0) is 24.4. The molecule has 0 spiro atoms. The second-order valence-corrected chi connectivity index (χ2v) is 7.24. The summed E-state index contributed by atoms with van der Waals surface area (Å²) in [4.78, 5) is 0. The van der Waals surface area contributed by atoms with Crippen molar-refractivity contribution in [3.63, 3.8) is 0 Å². The van der Waals surface area contributed by atoms with Crippen LogP contribution in [0, 0.1) is 11.3 Å². The van der Waals surface area contributed by atoms with E-state index in [0.717, 1.165) is 5.56 Å². The topological polar surface area (TPSA) is 134 Å². The first-order valence-electron chi connectivity index (χ1n) is 10.2. The second-order valence-electron chi connectivity index (χ2n) is 7.24. The number of rotatable bonds is 7. The lowest BCUT2D eigenvalue weighted by Gasteiger charge is -2.26. The molecule has 10 heteroatoms. The lowest BCUT2D eigenvalue weighted by Crippen LogP contribution is -2.21. The van der Waals surface area contributed by atoms with E-state index in [-0.39, 0.29) is 17.3 Å². The van der Waals surface area contributed by atoms with Crippen molar-refractivity contribution in [1.82, 2.24) is 10.2 Å². The van der Waals surface area contributed by atoms with Crippen LogP contribution in [0.1, 0.15) is 17.0 Å². The number of ether oxygens (including phenoxy) is 6. The summed E-state index contributed by atoms with van der Waals surface area (Å²) in [6.07, 6.45) is 0. The van der Waals surface area contributed by atoms with Crippen molar-refractivity contribution in [2.24, 2.45) is 5.73 Å². The Kier molecular flexibility index (Phi) is 6.10. The fraction of sp³-hybridized carbons (Fsp3) is 0.250. The fourth-order valence-electron chi connectivity index (χ4n) is 4.12. The van der Waals surface area contributed by atoms with Crippen LogP contribution in [0.25, 0.3) is 11.3 Å². The third kappa shape index (κ3) is 3.47. The van der Waals surface area contributed by atoms with Gasteiger partial charge in [0.05, 0.1) is 52.7 Å². The number of nitrogens with two attached hydrogens (primary N) is 1. The van der Waals surface area contributed by atoms with Crippen LogP contribution in [-0.2, 0) is 0 Å². The number of methoxy groups -OCH3 is 5. The zero-order valence-corrected chi connectivity index (χ0v) is 19.4. The lowest BCUT2D eigenvalue weighted by atomic mass is 9.82. The maximum atomic E-state index is 10.0. The predicted octanol–water partition coefficient (Wildman–Crippen LogP) is 3.34. The molecule has 1 aliphatic rings. The monoisotopic (exact) mass is 464 g/mol. The number of hydrogen-bond acceptors (Lipinski definition) is 9. The molecule has 3 aromatic rings. The normalized spacial score (nSPS) is 14.5. The fourth-order valence-corrected chi connectivity index (χ4v) is 4.12. The molecular formula is C24H24N4O6. The maximum Gasteiger partial charge on any atom is 0.244 e. The first-order valence-corrected chi connectivity index (χ1v) is 10.2. The number of fused-ring (bicyclic) bond motifs is 1. The number of allylic oxidation sites excluding steroid dienone is 1. The zero-order valence-electron chi connectivity index (χ0n) is 19.4. The van der Waals surface area contributed by atoms with E-state index in [1.54, 1.807) is 32.4 Å². The highest BCUT2D eigenvalue weighted by atomic mass is 16.5. The molecule has 10 nitrogen and oxygen atoms in total. The van der Waals surface area contributed by atoms with Crippen LogP contribution < -0.4 is 34.2 Å². The number of nitrogens with one attached hydrogen (secondary N) is 1. The predicted molar refractivity (Wildman–Crippen MR) is 123 cm³/mol. The number of nitrogens with zero attached hydrogens (tertiary/aromatic N) is 2. The van der Waals surface area contributed by atoms with Gasteiger partial charge in [-0.2, -0.15) is 5.26 Å². The standard InChI is InChI=1S/C24H24N4O6/c1-29-15-8-6-12(10-17(15)31-3)20-19-18(14(11-25)23(26)34-24(19)28-27-20)13-7-9-16(30-2)22(33-5)21(13)32-4/h6-10,18H,26H2,1-5H3,(H,27,28). The Morgan fingerprint density at radius 3 is 2.21 bits per heavy atom. The van der Waals surface area contributed by atoms with Gasteiger partial charge in [0, 0.05) is 11.1 Å². The Bertz CT molecular complexity index is 1310. The number of aromatic amines is 1. The summed E-state index contributed by atoms with van der Waals surface area (Å²) in [6, 6.07) is 11.2. The van der Waals surface area contributed by atoms with E-state index in [0.29, 0.717) is 45.6 Å².